The molecular formula is C18H17NO5. The van der Waals surface area contributed by atoms with Crippen molar-refractivity contribution in [3.05, 3.63) is 42.2 Å². The van der Waals surface area contributed by atoms with Crippen molar-refractivity contribution in [3.63, 3.8) is 0 Å². The predicted molar refractivity (Wildman–Crippen MR) is 88.5 cm³/mol. The molecule has 3 rings (SSSR count). The third kappa shape index (κ3) is 2.78. The van der Waals surface area contributed by atoms with Gasteiger partial charge in [-0.3, -0.25) is 0 Å². The zero-order chi connectivity index (χ0) is 17.1. The second-order valence-electron chi connectivity index (χ2n) is 4.98. The predicted octanol–water partition coefficient (Wildman–Crippen LogP) is 3.69. The van der Waals surface area contributed by atoms with Gasteiger partial charge in [0.05, 0.1) is 38.2 Å². The fourth-order valence-corrected chi connectivity index (χ4v) is 2.47. The molecule has 0 amide bonds. The molecule has 0 fully saturated rings. The van der Waals surface area contributed by atoms with Crippen LogP contribution in [-0.2, 0) is 4.74 Å². The van der Waals surface area contributed by atoms with E-state index in [9.17, 15) is 4.79 Å². The molecule has 124 valence electrons. The molecule has 0 saturated carbocycles. The Morgan fingerprint density at radius 1 is 1.17 bits per heavy atom. The Balaban J connectivity index is 2.26. The first kappa shape index (κ1) is 15.9. The van der Waals surface area contributed by atoms with Crippen LogP contribution in [0, 0.1) is 0 Å². The van der Waals surface area contributed by atoms with Gasteiger partial charge in [-0.05, 0) is 31.2 Å². The van der Waals surface area contributed by atoms with Crippen LogP contribution in [-0.4, -0.2) is 31.8 Å². The quantitative estimate of drug-likeness (QED) is 0.666. The minimum atomic E-state index is -0.451. The second kappa shape index (κ2) is 6.62. The van der Waals surface area contributed by atoms with E-state index in [2.05, 4.69) is 4.98 Å². The molecule has 0 radical (unpaired) electrons. The molecule has 6 heteroatoms. The average molecular weight is 327 g/mol. The number of hydrogen-bond acceptors (Lipinski definition) is 6. The van der Waals surface area contributed by atoms with Gasteiger partial charge >= 0.3 is 5.97 Å². The molecule has 0 saturated heterocycles. The van der Waals surface area contributed by atoms with Gasteiger partial charge in [-0.15, -0.1) is 0 Å². The van der Waals surface area contributed by atoms with E-state index >= 15 is 0 Å². The third-order valence-corrected chi connectivity index (χ3v) is 3.57. The number of aromatic nitrogens is 1. The van der Waals surface area contributed by atoms with E-state index in [-0.39, 0.29) is 6.61 Å². The Morgan fingerprint density at radius 3 is 2.54 bits per heavy atom. The molecule has 2 aromatic heterocycles. The molecule has 0 bridgehead atoms. The number of benzene rings is 1. The monoisotopic (exact) mass is 327 g/mol. The number of carbonyl (C=O) groups excluding carboxylic acids is 1. The Labute approximate surface area is 139 Å². The van der Waals surface area contributed by atoms with Crippen LogP contribution in [0.15, 0.2) is 41.0 Å². The summed E-state index contributed by atoms with van der Waals surface area (Å²) in [4.78, 5) is 16.9. The lowest BCUT2D eigenvalue weighted by atomic mass is 10.1. The Hall–Kier alpha value is -3.02. The number of methoxy groups -OCH3 is 2. The fourth-order valence-electron chi connectivity index (χ4n) is 2.47. The maximum atomic E-state index is 12.3. The lowest BCUT2D eigenvalue weighted by molar-refractivity contribution is 0.0527. The van der Waals surface area contributed by atoms with Gasteiger partial charge in [0.15, 0.2) is 17.3 Å². The summed E-state index contributed by atoms with van der Waals surface area (Å²) in [5.41, 5.74) is 1.43. The van der Waals surface area contributed by atoms with Gasteiger partial charge in [0.2, 0.25) is 0 Å². The van der Waals surface area contributed by atoms with Gasteiger partial charge in [0.1, 0.15) is 5.69 Å². The maximum absolute atomic E-state index is 12.3. The Bertz CT molecular complexity index is 871. The van der Waals surface area contributed by atoms with Gasteiger partial charge in [-0.2, -0.15) is 0 Å². The Morgan fingerprint density at radius 2 is 1.92 bits per heavy atom. The number of fused-ring (bicyclic) bond motifs is 1. The summed E-state index contributed by atoms with van der Waals surface area (Å²) in [6, 6.07) is 8.74. The fraction of sp³-hybridized carbons (Fsp3) is 0.222. The van der Waals surface area contributed by atoms with Crippen LogP contribution in [0.3, 0.4) is 0 Å². The summed E-state index contributed by atoms with van der Waals surface area (Å²) in [6.07, 6.45) is 1.53. The van der Waals surface area contributed by atoms with E-state index in [1.165, 1.54) is 6.26 Å². The van der Waals surface area contributed by atoms with Crippen LogP contribution in [0.4, 0.5) is 0 Å². The van der Waals surface area contributed by atoms with Gasteiger partial charge in [0, 0.05) is 11.5 Å². The van der Waals surface area contributed by atoms with Crippen molar-refractivity contribution in [2.45, 2.75) is 6.92 Å². The van der Waals surface area contributed by atoms with Crippen molar-refractivity contribution in [1.29, 1.82) is 0 Å². The van der Waals surface area contributed by atoms with E-state index in [1.807, 2.05) is 0 Å². The molecule has 0 unspecified atom stereocenters. The highest BCUT2D eigenvalue weighted by Gasteiger charge is 2.20. The highest BCUT2D eigenvalue weighted by atomic mass is 16.5. The minimum absolute atomic E-state index is 0.278. The van der Waals surface area contributed by atoms with Gasteiger partial charge in [-0.1, -0.05) is 0 Å². The number of ether oxygens (including phenoxy) is 3. The maximum Gasteiger partial charge on any atom is 0.340 e. The van der Waals surface area contributed by atoms with Crippen molar-refractivity contribution < 1.29 is 23.4 Å². The molecule has 2 heterocycles. The van der Waals surface area contributed by atoms with Crippen molar-refractivity contribution in [2.24, 2.45) is 0 Å². The first-order valence-corrected chi connectivity index (χ1v) is 7.45. The van der Waals surface area contributed by atoms with Crippen LogP contribution < -0.4 is 9.47 Å². The van der Waals surface area contributed by atoms with Crippen molar-refractivity contribution in [3.8, 4) is 23.0 Å². The van der Waals surface area contributed by atoms with Crippen molar-refractivity contribution in [2.75, 3.05) is 20.8 Å². The number of hydrogen-bond donors (Lipinski definition) is 0. The zero-order valence-corrected chi connectivity index (χ0v) is 13.7. The summed E-state index contributed by atoms with van der Waals surface area (Å²) >= 11 is 0. The lowest BCUT2D eigenvalue weighted by Crippen LogP contribution is -2.08. The normalized spacial score (nSPS) is 10.6. The van der Waals surface area contributed by atoms with E-state index in [0.717, 1.165) is 5.39 Å². The number of esters is 1. The van der Waals surface area contributed by atoms with E-state index < -0.39 is 5.97 Å². The van der Waals surface area contributed by atoms with Crippen LogP contribution in [0.25, 0.3) is 22.4 Å². The Kier molecular flexibility index (Phi) is 4.37. The molecular weight excluding hydrogens is 310 g/mol. The van der Waals surface area contributed by atoms with Gasteiger partial charge in [0.25, 0.3) is 0 Å². The number of carbonyl (C=O) groups is 1. The standard InChI is InChI=1S/C18H17NO5/c1-4-23-18(20)12-8-11-9-15(21-2)16(22-3)10-13(11)19-17(12)14-6-5-7-24-14/h5-10H,4H2,1-3H3. The highest BCUT2D eigenvalue weighted by molar-refractivity contribution is 6.00. The summed E-state index contributed by atoms with van der Waals surface area (Å²) in [6.45, 7) is 2.03. The van der Waals surface area contributed by atoms with Gasteiger partial charge < -0.3 is 18.6 Å². The molecule has 1 aromatic carbocycles. The summed E-state index contributed by atoms with van der Waals surface area (Å²) < 4.78 is 21.2. The van der Waals surface area contributed by atoms with E-state index in [0.29, 0.717) is 34.0 Å². The topological polar surface area (TPSA) is 70.8 Å². The lowest BCUT2D eigenvalue weighted by Gasteiger charge is -2.12. The molecule has 24 heavy (non-hydrogen) atoms. The number of nitrogens with zero attached hydrogens (tertiary/aromatic N) is 1. The second-order valence-corrected chi connectivity index (χ2v) is 4.98. The molecule has 6 nitrogen and oxygen atoms in total. The van der Waals surface area contributed by atoms with E-state index in [4.69, 9.17) is 18.6 Å². The molecule has 0 aliphatic heterocycles. The van der Waals surface area contributed by atoms with Crippen LogP contribution in [0.2, 0.25) is 0 Å². The molecule has 3 aromatic rings. The smallest absolute Gasteiger partial charge is 0.340 e. The molecule has 0 aliphatic carbocycles. The van der Waals surface area contributed by atoms with Crippen molar-refractivity contribution in [1.82, 2.24) is 4.98 Å². The molecule has 0 N–H and O–H groups in total. The summed E-state index contributed by atoms with van der Waals surface area (Å²) in [5, 5.41) is 0.742. The average Bonchev–Trinajstić information content (AvgIpc) is 3.14. The van der Waals surface area contributed by atoms with Crippen molar-refractivity contribution >= 4 is 16.9 Å². The van der Waals surface area contributed by atoms with Crippen LogP contribution >= 0.6 is 0 Å². The largest absolute Gasteiger partial charge is 0.493 e. The molecule has 0 spiro atoms. The van der Waals surface area contributed by atoms with Crippen LogP contribution in [0.1, 0.15) is 17.3 Å². The molecule has 0 aliphatic rings. The molecule has 0 atom stereocenters. The number of pyridine rings is 1. The first-order valence-electron chi connectivity index (χ1n) is 7.45. The first-order chi connectivity index (χ1) is 11.7. The highest BCUT2D eigenvalue weighted by Crippen LogP contribution is 2.34. The van der Waals surface area contributed by atoms with Gasteiger partial charge in [-0.25, -0.2) is 9.78 Å². The number of rotatable bonds is 5. The number of furan rings is 1. The van der Waals surface area contributed by atoms with E-state index in [1.54, 1.807) is 51.5 Å². The summed E-state index contributed by atoms with van der Waals surface area (Å²) in [7, 11) is 3.12. The SMILES string of the molecule is CCOC(=O)c1cc2cc(OC)c(OC)cc2nc1-c1ccco1. The minimum Gasteiger partial charge on any atom is -0.493 e. The third-order valence-electron chi connectivity index (χ3n) is 3.57. The van der Waals surface area contributed by atoms with Crippen LogP contribution in [0.5, 0.6) is 11.5 Å². The summed E-state index contributed by atoms with van der Waals surface area (Å²) in [5.74, 6) is 1.17. The zero-order valence-electron chi connectivity index (χ0n) is 13.7.